The highest BCUT2D eigenvalue weighted by molar-refractivity contribution is 5.72. The van der Waals surface area contributed by atoms with Crippen molar-refractivity contribution in [3.63, 3.8) is 0 Å². The SMILES string of the molecule is COC(=O)CC#Cc1ccc(F)c(CO)c1. The Morgan fingerprint density at radius 3 is 2.94 bits per heavy atom. The molecule has 16 heavy (non-hydrogen) atoms. The van der Waals surface area contributed by atoms with Crippen LogP contribution in [-0.2, 0) is 16.1 Å². The molecule has 1 rings (SSSR count). The van der Waals surface area contributed by atoms with Crippen LogP contribution in [-0.4, -0.2) is 18.2 Å². The first kappa shape index (κ1) is 12.2. The molecule has 0 aromatic heterocycles. The van der Waals surface area contributed by atoms with E-state index in [0.29, 0.717) is 5.56 Å². The predicted octanol–water partition coefficient (Wildman–Crippen LogP) is 1.23. The van der Waals surface area contributed by atoms with E-state index in [4.69, 9.17) is 5.11 Å². The van der Waals surface area contributed by atoms with E-state index < -0.39 is 11.8 Å². The molecule has 0 saturated heterocycles. The van der Waals surface area contributed by atoms with Crippen molar-refractivity contribution in [2.45, 2.75) is 13.0 Å². The van der Waals surface area contributed by atoms with Crippen LogP contribution in [0.3, 0.4) is 0 Å². The molecule has 0 aliphatic rings. The molecule has 3 nitrogen and oxygen atoms in total. The monoisotopic (exact) mass is 222 g/mol. The number of carbonyl (C=O) groups excluding carboxylic acids is 1. The molecule has 1 aromatic rings. The van der Waals surface area contributed by atoms with Crippen LogP contribution in [0.2, 0.25) is 0 Å². The molecule has 0 bridgehead atoms. The van der Waals surface area contributed by atoms with E-state index in [9.17, 15) is 9.18 Å². The van der Waals surface area contributed by atoms with Gasteiger partial charge in [-0.3, -0.25) is 4.79 Å². The number of ether oxygens (including phenoxy) is 1. The van der Waals surface area contributed by atoms with E-state index in [2.05, 4.69) is 16.6 Å². The number of hydrogen-bond donors (Lipinski definition) is 1. The number of benzene rings is 1. The van der Waals surface area contributed by atoms with Crippen molar-refractivity contribution in [2.24, 2.45) is 0 Å². The van der Waals surface area contributed by atoms with Gasteiger partial charge in [-0.25, -0.2) is 4.39 Å². The van der Waals surface area contributed by atoms with Crippen LogP contribution in [0.5, 0.6) is 0 Å². The molecule has 0 aliphatic carbocycles. The van der Waals surface area contributed by atoms with Gasteiger partial charge in [0.15, 0.2) is 0 Å². The Morgan fingerprint density at radius 1 is 1.56 bits per heavy atom. The molecule has 0 saturated carbocycles. The van der Waals surface area contributed by atoms with Gasteiger partial charge in [0.25, 0.3) is 0 Å². The Labute approximate surface area is 92.9 Å². The molecular formula is C12H11FO3. The van der Waals surface area contributed by atoms with E-state index in [1.54, 1.807) is 0 Å². The first-order chi connectivity index (χ1) is 7.67. The van der Waals surface area contributed by atoms with Gasteiger partial charge >= 0.3 is 5.97 Å². The second kappa shape index (κ2) is 5.89. The Morgan fingerprint density at radius 2 is 2.31 bits per heavy atom. The van der Waals surface area contributed by atoms with Crippen molar-refractivity contribution in [2.75, 3.05) is 7.11 Å². The third kappa shape index (κ3) is 3.37. The Bertz CT molecular complexity index is 443. The fourth-order valence-electron chi connectivity index (χ4n) is 1.06. The molecule has 0 radical (unpaired) electrons. The third-order valence-electron chi connectivity index (χ3n) is 1.91. The van der Waals surface area contributed by atoms with Crippen LogP contribution in [0.1, 0.15) is 17.5 Å². The van der Waals surface area contributed by atoms with Gasteiger partial charge in [0.1, 0.15) is 12.2 Å². The fraction of sp³-hybridized carbons (Fsp3) is 0.250. The van der Waals surface area contributed by atoms with Crippen LogP contribution in [0, 0.1) is 17.7 Å². The van der Waals surface area contributed by atoms with Crippen LogP contribution >= 0.6 is 0 Å². The second-order valence-corrected chi connectivity index (χ2v) is 3.02. The van der Waals surface area contributed by atoms with Crippen molar-refractivity contribution < 1.29 is 19.0 Å². The number of aliphatic hydroxyl groups excluding tert-OH is 1. The standard InChI is InChI=1S/C12H11FO3/c1-16-12(15)4-2-3-9-5-6-11(13)10(7-9)8-14/h5-7,14H,4,8H2,1H3. The van der Waals surface area contributed by atoms with Crippen molar-refractivity contribution in [3.05, 3.63) is 35.1 Å². The largest absolute Gasteiger partial charge is 0.468 e. The van der Waals surface area contributed by atoms with E-state index in [0.717, 1.165) is 0 Å². The summed E-state index contributed by atoms with van der Waals surface area (Å²) in [6.07, 6.45) is -0.0116. The van der Waals surface area contributed by atoms with E-state index >= 15 is 0 Å². The van der Waals surface area contributed by atoms with Gasteiger partial charge in [-0.05, 0) is 18.2 Å². The summed E-state index contributed by atoms with van der Waals surface area (Å²) < 4.78 is 17.4. The van der Waals surface area contributed by atoms with E-state index in [1.165, 1.54) is 25.3 Å². The summed E-state index contributed by atoms with van der Waals surface area (Å²) in [4.78, 5) is 10.8. The van der Waals surface area contributed by atoms with Gasteiger partial charge in [-0.15, -0.1) is 0 Å². The van der Waals surface area contributed by atoms with Gasteiger partial charge in [-0.1, -0.05) is 11.8 Å². The minimum absolute atomic E-state index is 0.0116. The lowest BCUT2D eigenvalue weighted by Crippen LogP contribution is -1.97. The quantitative estimate of drug-likeness (QED) is 0.604. The zero-order chi connectivity index (χ0) is 12.0. The molecule has 0 atom stereocenters. The molecule has 0 aliphatic heterocycles. The number of aliphatic hydroxyl groups is 1. The van der Waals surface area contributed by atoms with E-state index in [1.807, 2.05) is 0 Å². The molecule has 1 N–H and O–H groups in total. The lowest BCUT2D eigenvalue weighted by Gasteiger charge is -1.98. The number of carbonyl (C=O) groups is 1. The average molecular weight is 222 g/mol. The average Bonchev–Trinajstić information content (AvgIpc) is 2.31. The summed E-state index contributed by atoms with van der Waals surface area (Å²) in [5.41, 5.74) is 0.735. The van der Waals surface area contributed by atoms with Gasteiger partial charge in [-0.2, -0.15) is 0 Å². The van der Waals surface area contributed by atoms with Crippen LogP contribution in [0.15, 0.2) is 18.2 Å². The normalized spacial score (nSPS) is 9.19. The second-order valence-electron chi connectivity index (χ2n) is 3.02. The maximum absolute atomic E-state index is 13.0. The molecule has 4 heteroatoms. The molecule has 84 valence electrons. The van der Waals surface area contributed by atoms with Crippen molar-refractivity contribution >= 4 is 5.97 Å². The summed E-state index contributed by atoms with van der Waals surface area (Å²) in [5, 5.41) is 8.83. The molecule has 0 spiro atoms. The number of halogens is 1. The minimum Gasteiger partial charge on any atom is -0.468 e. The zero-order valence-electron chi connectivity index (χ0n) is 8.79. The van der Waals surface area contributed by atoms with Crippen molar-refractivity contribution in [1.82, 2.24) is 0 Å². The maximum atomic E-state index is 13.0. The molecule has 0 heterocycles. The number of rotatable bonds is 2. The van der Waals surface area contributed by atoms with Crippen molar-refractivity contribution in [3.8, 4) is 11.8 Å². The Balaban J connectivity index is 2.78. The number of methoxy groups -OCH3 is 1. The third-order valence-corrected chi connectivity index (χ3v) is 1.91. The first-order valence-electron chi connectivity index (χ1n) is 4.62. The Kier molecular flexibility index (Phi) is 4.49. The van der Waals surface area contributed by atoms with Crippen LogP contribution in [0.25, 0.3) is 0 Å². The predicted molar refractivity (Wildman–Crippen MR) is 55.8 cm³/mol. The topological polar surface area (TPSA) is 46.5 Å². The number of esters is 1. The minimum atomic E-state index is -0.471. The van der Waals surface area contributed by atoms with E-state index in [-0.39, 0.29) is 18.6 Å². The lowest BCUT2D eigenvalue weighted by atomic mass is 10.1. The molecule has 1 aromatic carbocycles. The lowest BCUT2D eigenvalue weighted by molar-refractivity contribution is -0.139. The van der Waals surface area contributed by atoms with Gasteiger partial charge < -0.3 is 9.84 Å². The van der Waals surface area contributed by atoms with Gasteiger partial charge in [0, 0.05) is 11.1 Å². The fourth-order valence-corrected chi connectivity index (χ4v) is 1.06. The van der Waals surface area contributed by atoms with Gasteiger partial charge in [0.05, 0.1) is 13.7 Å². The molecule has 0 fully saturated rings. The molecular weight excluding hydrogens is 211 g/mol. The molecule has 0 amide bonds. The molecule has 0 unspecified atom stereocenters. The zero-order valence-corrected chi connectivity index (χ0v) is 8.79. The summed E-state index contributed by atoms with van der Waals surface area (Å²) >= 11 is 0. The maximum Gasteiger partial charge on any atom is 0.317 e. The highest BCUT2D eigenvalue weighted by atomic mass is 19.1. The Hall–Kier alpha value is -1.86. The summed E-state index contributed by atoms with van der Waals surface area (Å²) in [6.45, 7) is -0.377. The number of hydrogen-bond acceptors (Lipinski definition) is 3. The first-order valence-corrected chi connectivity index (χ1v) is 4.62. The summed E-state index contributed by atoms with van der Waals surface area (Å²) in [6, 6.07) is 4.16. The van der Waals surface area contributed by atoms with Crippen molar-refractivity contribution in [1.29, 1.82) is 0 Å². The van der Waals surface area contributed by atoms with Gasteiger partial charge in [0.2, 0.25) is 0 Å². The summed E-state index contributed by atoms with van der Waals surface area (Å²) in [7, 11) is 1.28. The van der Waals surface area contributed by atoms with Crippen LogP contribution in [0.4, 0.5) is 4.39 Å². The summed E-state index contributed by atoms with van der Waals surface area (Å²) in [5.74, 6) is 4.39. The van der Waals surface area contributed by atoms with Crippen LogP contribution < -0.4 is 0 Å². The smallest absolute Gasteiger partial charge is 0.317 e. The highest BCUT2D eigenvalue weighted by Gasteiger charge is 2.00. The highest BCUT2D eigenvalue weighted by Crippen LogP contribution is 2.09.